The lowest BCUT2D eigenvalue weighted by atomic mass is 10.0. The molecule has 1 aromatic carbocycles. The molecule has 3 N–H and O–H groups in total. The maximum Gasteiger partial charge on any atom is 0.326 e. The van der Waals surface area contributed by atoms with Crippen molar-refractivity contribution < 1.29 is 29.1 Å². The largest absolute Gasteiger partial charge is 0.480 e. The average Bonchev–Trinajstić information content (AvgIpc) is 3.00. The minimum Gasteiger partial charge on any atom is -0.480 e. The van der Waals surface area contributed by atoms with Crippen LogP contribution in [0.15, 0.2) is 18.2 Å². The number of carbonyl (C=O) groups excluding carboxylic acids is 4. The molecule has 0 spiro atoms. The molecule has 0 aliphatic carbocycles. The first-order valence-corrected chi connectivity index (χ1v) is 9.63. The van der Waals surface area contributed by atoms with Crippen LogP contribution in [0, 0.1) is 0 Å². The summed E-state index contributed by atoms with van der Waals surface area (Å²) >= 11 is 0. The van der Waals surface area contributed by atoms with Gasteiger partial charge >= 0.3 is 5.97 Å². The van der Waals surface area contributed by atoms with Gasteiger partial charge in [0.25, 0.3) is 11.8 Å². The molecule has 9 heteroatoms. The average molecular weight is 401 g/mol. The first-order chi connectivity index (χ1) is 13.8. The van der Waals surface area contributed by atoms with E-state index in [2.05, 4.69) is 10.6 Å². The summed E-state index contributed by atoms with van der Waals surface area (Å²) in [6, 6.07) is 2.88. The molecule has 1 fully saturated rings. The molecule has 0 radical (unpaired) electrons. The quantitative estimate of drug-likeness (QED) is 0.580. The molecule has 2 aliphatic heterocycles. The maximum atomic E-state index is 12.8. The maximum absolute atomic E-state index is 12.8. The SMILES string of the molecule is CCCC[C@@H](NC(=O)c1ccc2c(c1)C(=O)N(C1CCC(=O)NC1=O)C2)C(=O)O. The van der Waals surface area contributed by atoms with Gasteiger partial charge < -0.3 is 15.3 Å². The van der Waals surface area contributed by atoms with Crippen molar-refractivity contribution >= 4 is 29.6 Å². The molecule has 1 aromatic rings. The Morgan fingerprint density at radius 1 is 1.31 bits per heavy atom. The molecule has 2 atom stereocenters. The second kappa shape index (κ2) is 8.42. The smallest absolute Gasteiger partial charge is 0.326 e. The number of carbonyl (C=O) groups is 5. The van der Waals surface area contributed by atoms with Gasteiger partial charge in [-0.3, -0.25) is 24.5 Å². The van der Waals surface area contributed by atoms with Crippen molar-refractivity contribution in [3.8, 4) is 0 Å². The van der Waals surface area contributed by atoms with E-state index in [-0.39, 0.29) is 36.8 Å². The third-order valence-corrected chi connectivity index (χ3v) is 5.24. The van der Waals surface area contributed by atoms with Gasteiger partial charge in [0, 0.05) is 24.1 Å². The lowest BCUT2D eigenvalue weighted by molar-refractivity contribution is -0.139. The number of rotatable bonds is 7. The Bertz CT molecular complexity index is 881. The van der Waals surface area contributed by atoms with Gasteiger partial charge in [0.05, 0.1) is 0 Å². The Balaban J connectivity index is 1.74. The monoisotopic (exact) mass is 401 g/mol. The molecule has 9 nitrogen and oxygen atoms in total. The fourth-order valence-electron chi connectivity index (χ4n) is 3.60. The third kappa shape index (κ3) is 4.28. The zero-order valence-electron chi connectivity index (χ0n) is 16.1. The van der Waals surface area contributed by atoms with Gasteiger partial charge in [-0.15, -0.1) is 0 Å². The van der Waals surface area contributed by atoms with Gasteiger partial charge in [-0.2, -0.15) is 0 Å². The van der Waals surface area contributed by atoms with E-state index in [1.54, 1.807) is 6.07 Å². The van der Waals surface area contributed by atoms with Crippen molar-refractivity contribution in [3.05, 3.63) is 34.9 Å². The highest BCUT2D eigenvalue weighted by molar-refractivity contribution is 6.06. The van der Waals surface area contributed by atoms with Crippen LogP contribution in [0.4, 0.5) is 0 Å². The second-order valence-electron chi connectivity index (χ2n) is 7.28. The fourth-order valence-corrected chi connectivity index (χ4v) is 3.60. The van der Waals surface area contributed by atoms with Crippen molar-refractivity contribution in [1.82, 2.24) is 15.5 Å². The van der Waals surface area contributed by atoms with Crippen molar-refractivity contribution in [2.45, 2.75) is 57.7 Å². The minimum atomic E-state index is -1.10. The fraction of sp³-hybridized carbons (Fsp3) is 0.450. The highest BCUT2D eigenvalue weighted by Crippen LogP contribution is 2.28. The van der Waals surface area contributed by atoms with E-state index in [0.29, 0.717) is 24.0 Å². The van der Waals surface area contributed by atoms with Gasteiger partial charge in [-0.25, -0.2) is 4.79 Å². The number of imide groups is 1. The van der Waals surface area contributed by atoms with Crippen LogP contribution in [-0.4, -0.2) is 51.7 Å². The number of amides is 4. The van der Waals surface area contributed by atoms with E-state index in [1.807, 2.05) is 6.92 Å². The Morgan fingerprint density at radius 3 is 2.72 bits per heavy atom. The molecule has 0 bridgehead atoms. The van der Waals surface area contributed by atoms with Gasteiger partial charge in [0.15, 0.2) is 0 Å². The number of benzene rings is 1. The number of hydrogen-bond acceptors (Lipinski definition) is 5. The van der Waals surface area contributed by atoms with Crippen LogP contribution >= 0.6 is 0 Å². The number of piperidine rings is 1. The van der Waals surface area contributed by atoms with Crippen molar-refractivity contribution in [2.24, 2.45) is 0 Å². The van der Waals surface area contributed by atoms with E-state index in [4.69, 9.17) is 0 Å². The summed E-state index contributed by atoms with van der Waals surface area (Å²) in [4.78, 5) is 61.5. The van der Waals surface area contributed by atoms with E-state index in [1.165, 1.54) is 17.0 Å². The molecule has 1 unspecified atom stereocenters. The van der Waals surface area contributed by atoms with Crippen LogP contribution in [0.5, 0.6) is 0 Å². The Hall–Kier alpha value is -3.23. The van der Waals surface area contributed by atoms with Crippen LogP contribution in [0.2, 0.25) is 0 Å². The molecule has 4 amide bonds. The normalized spacial score (nSPS) is 19.6. The summed E-state index contributed by atoms with van der Waals surface area (Å²) in [6.07, 6.45) is 2.22. The zero-order chi connectivity index (χ0) is 21.1. The highest BCUT2D eigenvalue weighted by Gasteiger charge is 2.39. The van der Waals surface area contributed by atoms with Crippen LogP contribution in [0.3, 0.4) is 0 Å². The molecule has 0 saturated carbocycles. The van der Waals surface area contributed by atoms with E-state index >= 15 is 0 Å². The van der Waals surface area contributed by atoms with E-state index in [9.17, 15) is 29.1 Å². The first-order valence-electron chi connectivity index (χ1n) is 9.63. The Labute approximate surface area is 167 Å². The molecular weight excluding hydrogens is 378 g/mol. The summed E-state index contributed by atoms with van der Waals surface area (Å²) in [7, 11) is 0. The predicted molar refractivity (Wildman–Crippen MR) is 101 cm³/mol. The summed E-state index contributed by atoms with van der Waals surface area (Å²) in [5.41, 5.74) is 1.17. The number of carboxylic acid groups (broad SMARTS) is 1. The van der Waals surface area contributed by atoms with Crippen LogP contribution in [0.25, 0.3) is 0 Å². The number of fused-ring (bicyclic) bond motifs is 1. The van der Waals surface area contributed by atoms with E-state index < -0.39 is 29.9 Å². The topological polar surface area (TPSA) is 133 Å². The Morgan fingerprint density at radius 2 is 2.07 bits per heavy atom. The number of hydrogen-bond donors (Lipinski definition) is 3. The van der Waals surface area contributed by atoms with Crippen LogP contribution in [-0.2, 0) is 20.9 Å². The first kappa shape index (κ1) is 20.5. The van der Waals surface area contributed by atoms with Crippen LogP contribution < -0.4 is 10.6 Å². The summed E-state index contributed by atoms with van der Waals surface area (Å²) in [6.45, 7) is 2.15. The van der Waals surface area contributed by atoms with Crippen molar-refractivity contribution in [2.75, 3.05) is 0 Å². The molecular formula is C20H23N3O6. The van der Waals surface area contributed by atoms with Crippen molar-refractivity contribution in [1.29, 1.82) is 0 Å². The minimum absolute atomic E-state index is 0.165. The molecule has 2 aliphatic rings. The standard InChI is InChI=1S/C20H23N3O6/c1-2-3-4-14(20(28)29)21-17(25)11-5-6-12-10-23(19(27)13(12)9-11)15-7-8-16(24)22-18(15)26/h5-6,9,14-15H,2-4,7-8,10H2,1H3,(H,21,25)(H,28,29)(H,22,24,26)/t14-,15?/m1/s1. The number of carboxylic acids is 1. The molecule has 1 saturated heterocycles. The molecule has 0 aromatic heterocycles. The van der Waals surface area contributed by atoms with E-state index in [0.717, 1.165) is 6.42 Å². The van der Waals surface area contributed by atoms with Crippen LogP contribution in [0.1, 0.15) is 65.3 Å². The third-order valence-electron chi connectivity index (χ3n) is 5.24. The number of aliphatic carboxylic acids is 1. The lowest BCUT2D eigenvalue weighted by Gasteiger charge is -2.29. The van der Waals surface area contributed by atoms with Crippen molar-refractivity contribution in [3.63, 3.8) is 0 Å². The second-order valence-corrected chi connectivity index (χ2v) is 7.28. The molecule has 2 heterocycles. The van der Waals surface area contributed by atoms with Gasteiger partial charge in [-0.1, -0.05) is 25.8 Å². The van der Waals surface area contributed by atoms with Gasteiger partial charge in [0.2, 0.25) is 11.8 Å². The number of unbranched alkanes of at least 4 members (excludes halogenated alkanes) is 1. The lowest BCUT2D eigenvalue weighted by Crippen LogP contribution is -2.52. The van der Waals surface area contributed by atoms with Gasteiger partial charge in [0.1, 0.15) is 12.1 Å². The predicted octanol–water partition coefficient (Wildman–Crippen LogP) is 0.821. The van der Waals surface area contributed by atoms with Gasteiger partial charge in [-0.05, 0) is 30.5 Å². The summed E-state index contributed by atoms with van der Waals surface area (Å²) in [5.74, 6) is -2.91. The number of nitrogens with zero attached hydrogens (tertiary/aromatic N) is 1. The zero-order valence-corrected chi connectivity index (χ0v) is 16.1. The summed E-state index contributed by atoms with van der Waals surface area (Å²) in [5, 5.41) is 14.0. The molecule has 3 rings (SSSR count). The summed E-state index contributed by atoms with van der Waals surface area (Å²) < 4.78 is 0. The molecule has 29 heavy (non-hydrogen) atoms. The highest BCUT2D eigenvalue weighted by atomic mass is 16.4. The number of nitrogens with one attached hydrogen (secondary N) is 2. The molecule has 154 valence electrons. The Kier molecular flexibility index (Phi) is 5.95.